The smallest absolute Gasteiger partial charge is 0.289 e. The molecule has 0 N–H and O–H groups in total. The molecule has 3 rings (SSSR count). The molecule has 2 heterocycles. The number of para-hydroxylation sites is 1. The molecule has 6 nitrogen and oxygen atoms in total. The number of carbonyl (C=O) groups is 2. The average Bonchev–Trinajstić information content (AvgIpc) is 3.01. The fourth-order valence-corrected chi connectivity index (χ4v) is 3.71. The van der Waals surface area contributed by atoms with Gasteiger partial charge in [-0.05, 0) is 33.3 Å². The third-order valence-corrected chi connectivity index (χ3v) is 5.49. The van der Waals surface area contributed by atoms with Crippen LogP contribution in [0.15, 0.2) is 22.6 Å². The number of likely N-dealkylation sites (N-methyl/N-ethyl adjacent to an activating group) is 1. The SMILES string of the molecule is CCN(CC)C(=O)CN1CCN(C(=O)c2oc3c(C)cccc3c2C)CC1. The number of furan rings is 1. The molecule has 6 heteroatoms. The lowest BCUT2D eigenvalue weighted by molar-refractivity contribution is -0.132. The van der Waals surface area contributed by atoms with Crippen molar-refractivity contribution < 1.29 is 14.0 Å². The van der Waals surface area contributed by atoms with E-state index in [1.165, 1.54) is 0 Å². The zero-order chi connectivity index (χ0) is 19.6. The summed E-state index contributed by atoms with van der Waals surface area (Å²) < 4.78 is 5.93. The zero-order valence-corrected chi connectivity index (χ0v) is 16.7. The van der Waals surface area contributed by atoms with E-state index >= 15 is 0 Å². The van der Waals surface area contributed by atoms with Gasteiger partial charge in [-0.15, -0.1) is 0 Å². The number of fused-ring (bicyclic) bond motifs is 1. The Balaban J connectivity index is 1.65. The molecule has 1 fully saturated rings. The fourth-order valence-electron chi connectivity index (χ4n) is 3.71. The van der Waals surface area contributed by atoms with Gasteiger partial charge in [0.1, 0.15) is 5.58 Å². The second-order valence-corrected chi connectivity index (χ2v) is 7.14. The first kappa shape index (κ1) is 19.4. The van der Waals surface area contributed by atoms with E-state index in [1.807, 2.05) is 55.7 Å². The van der Waals surface area contributed by atoms with Crippen LogP contribution in [-0.2, 0) is 4.79 Å². The lowest BCUT2D eigenvalue weighted by Crippen LogP contribution is -2.51. The molecule has 2 aromatic rings. The number of amides is 2. The number of benzene rings is 1. The maximum absolute atomic E-state index is 13.0. The molecule has 146 valence electrons. The Morgan fingerprint density at radius 1 is 1.07 bits per heavy atom. The van der Waals surface area contributed by atoms with Crippen LogP contribution in [0.5, 0.6) is 0 Å². The minimum atomic E-state index is -0.0576. The molecule has 0 unspecified atom stereocenters. The molecule has 0 atom stereocenters. The molecule has 1 aromatic heterocycles. The summed E-state index contributed by atoms with van der Waals surface area (Å²) in [6.45, 7) is 12.4. The van der Waals surface area contributed by atoms with Crippen molar-refractivity contribution >= 4 is 22.8 Å². The third kappa shape index (κ3) is 3.86. The Kier molecular flexibility index (Phi) is 5.85. The third-order valence-electron chi connectivity index (χ3n) is 5.49. The van der Waals surface area contributed by atoms with Crippen LogP contribution < -0.4 is 0 Å². The first-order valence-electron chi connectivity index (χ1n) is 9.74. The Morgan fingerprint density at radius 2 is 1.74 bits per heavy atom. The van der Waals surface area contributed by atoms with Crippen LogP contribution in [0.3, 0.4) is 0 Å². The van der Waals surface area contributed by atoms with Crippen LogP contribution in [-0.4, -0.2) is 72.3 Å². The van der Waals surface area contributed by atoms with E-state index in [1.54, 1.807) is 0 Å². The van der Waals surface area contributed by atoms with Crippen molar-refractivity contribution in [1.82, 2.24) is 14.7 Å². The van der Waals surface area contributed by atoms with Gasteiger partial charge in [0.15, 0.2) is 5.76 Å². The Hall–Kier alpha value is -2.34. The summed E-state index contributed by atoms with van der Waals surface area (Å²) in [4.78, 5) is 31.0. The van der Waals surface area contributed by atoms with E-state index in [0.29, 0.717) is 38.5 Å². The first-order chi connectivity index (χ1) is 13.0. The van der Waals surface area contributed by atoms with Gasteiger partial charge >= 0.3 is 0 Å². The van der Waals surface area contributed by atoms with Gasteiger partial charge in [0.05, 0.1) is 6.54 Å². The monoisotopic (exact) mass is 371 g/mol. The molecule has 1 aliphatic heterocycles. The topological polar surface area (TPSA) is 57.0 Å². The van der Waals surface area contributed by atoms with Gasteiger partial charge in [0, 0.05) is 50.2 Å². The number of aryl methyl sites for hydroxylation is 2. The maximum Gasteiger partial charge on any atom is 0.289 e. The Morgan fingerprint density at radius 3 is 2.33 bits per heavy atom. The van der Waals surface area contributed by atoms with Crippen LogP contribution in [0.4, 0.5) is 0 Å². The summed E-state index contributed by atoms with van der Waals surface area (Å²) in [5, 5.41) is 1.00. The normalized spacial score (nSPS) is 15.3. The van der Waals surface area contributed by atoms with Gasteiger partial charge in [-0.25, -0.2) is 0 Å². The second kappa shape index (κ2) is 8.13. The summed E-state index contributed by atoms with van der Waals surface area (Å²) in [5.41, 5.74) is 2.73. The fraction of sp³-hybridized carbons (Fsp3) is 0.524. The number of rotatable bonds is 5. The summed E-state index contributed by atoms with van der Waals surface area (Å²) in [5.74, 6) is 0.535. The van der Waals surface area contributed by atoms with E-state index in [2.05, 4.69) is 4.90 Å². The summed E-state index contributed by atoms with van der Waals surface area (Å²) >= 11 is 0. The van der Waals surface area contributed by atoms with Crippen LogP contribution in [0.1, 0.15) is 35.5 Å². The van der Waals surface area contributed by atoms with E-state index in [-0.39, 0.29) is 11.8 Å². The number of hydrogen-bond acceptors (Lipinski definition) is 4. The van der Waals surface area contributed by atoms with E-state index < -0.39 is 0 Å². The van der Waals surface area contributed by atoms with Gasteiger partial charge in [0.2, 0.25) is 5.91 Å². The molecule has 0 radical (unpaired) electrons. The summed E-state index contributed by atoms with van der Waals surface area (Å²) in [7, 11) is 0. The number of piperazine rings is 1. The van der Waals surface area contributed by atoms with Crippen molar-refractivity contribution in [2.45, 2.75) is 27.7 Å². The van der Waals surface area contributed by atoms with Crippen molar-refractivity contribution in [2.75, 3.05) is 45.8 Å². The molecule has 0 bridgehead atoms. The number of carbonyl (C=O) groups excluding carboxylic acids is 2. The van der Waals surface area contributed by atoms with E-state index in [0.717, 1.165) is 35.2 Å². The zero-order valence-electron chi connectivity index (χ0n) is 16.7. The van der Waals surface area contributed by atoms with E-state index in [4.69, 9.17) is 4.42 Å². The number of nitrogens with zero attached hydrogens (tertiary/aromatic N) is 3. The van der Waals surface area contributed by atoms with Crippen LogP contribution in [0, 0.1) is 13.8 Å². The molecule has 0 saturated carbocycles. The molecule has 1 aliphatic rings. The molecular formula is C21H29N3O3. The van der Waals surface area contributed by atoms with Gasteiger partial charge < -0.3 is 14.2 Å². The Bertz CT molecular complexity index is 831. The van der Waals surface area contributed by atoms with Gasteiger partial charge in [-0.3, -0.25) is 14.5 Å². The molecule has 2 amide bonds. The Labute approximate surface area is 160 Å². The highest BCUT2D eigenvalue weighted by atomic mass is 16.3. The summed E-state index contributed by atoms with van der Waals surface area (Å²) in [6, 6.07) is 5.97. The van der Waals surface area contributed by atoms with Crippen molar-refractivity contribution in [3.8, 4) is 0 Å². The second-order valence-electron chi connectivity index (χ2n) is 7.14. The highest BCUT2D eigenvalue weighted by Gasteiger charge is 2.28. The molecule has 1 saturated heterocycles. The maximum atomic E-state index is 13.0. The van der Waals surface area contributed by atoms with Crippen molar-refractivity contribution in [2.24, 2.45) is 0 Å². The van der Waals surface area contributed by atoms with Crippen LogP contribution in [0.2, 0.25) is 0 Å². The van der Waals surface area contributed by atoms with Crippen molar-refractivity contribution in [3.63, 3.8) is 0 Å². The van der Waals surface area contributed by atoms with Gasteiger partial charge in [-0.2, -0.15) is 0 Å². The minimum Gasteiger partial charge on any atom is -0.450 e. The van der Waals surface area contributed by atoms with Crippen molar-refractivity contribution in [1.29, 1.82) is 0 Å². The van der Waals surface area contributed by atoms with Crippen LogP contribution >= 0.6 is 0 Å². The van der Waals surface area contributed by atoms with Gasteiger partial charge in [0.25, 0.3) is 5.91 Å². The average molecular weight is 371 g/mol. The van der Waals surface area contributed by atoms with Gasteiger partial charge in [-0.1, -0.05) is 18.2 Å². The standard InChI is InChI=1S/C21H29N3O3/c1-5-23(6-2)18(25)14-22-10-12-24(13-11-22)21(26)20-16(4)17-9-7-8-15(3)19(17)27-20/h7-9H,5-6,10-14H2,1-4H3. The molecule has 1 aromatic carbocycles. The highest BCUT2D eigenvalue weighted by Crippen LogP contribution is 2.28. The van der Waals surface area contributed by atoms with Crippen LogP contribution in [0.25, 0.3) is 11.0 Å². The van der Waals surface area contributed by atoms with Crippen molar-refractivity contribution in [3.05, 3.63) is 35.1 Å². The summed E-state index contributed by atoms with van der Waals surface area (Å²) in [6.07, 6.45) is 0. The molecule has 27 heavy (non-hydrogen) atoms. The highest BCUT2D eigenvalue weighted by molar-refractivity contribution is 5.99. The number of hydrogen-bond donors (Lipinski definition) is 0. The lowest BCUT2D eigenvalue weighted by Gasteiger charge is -2.34. The molecule has 0 aliphatic carbocycles. The first-order valence-corrected chi connectivity index (χ1v) is 9.74. The predicted octanol–water partition coefficient (Wildman–Crippen LogP) is 2.68. The largest absolute Gasteiger partial charge is 0.450 e. The quantitative estimate of drug-likeness (QED) is 0.811. The lowest BCUT2D eigenvalue weighted by atomic mass is 10.1. The molecular weight excluding hydrogens is 342 g/mol. The van der Waals surface area contributed by atoms with E-state index in [9.17, 15) is 9.59 Å². The molecule has 0 spiro atoms. The predicted molar refractivity (Wildman–Crippen MR) is 106 cm³/mol. The minimum absolute atomic E-state index is 0.0576.